The molecule has 3 aromatic rings. The van der Waals surface area contributed by atoms with E-state index in [-0.39, 0.29) is 11.8 Å². The van der Waals surface area contributed by atoms with Crippen molar-refractivity contribution in [3.8, 4) is 11.5 Å². The van der Waals surface area contributed by atoms with Crippen LogP contribution in [0.1, 0.15) is 16.8 Å². The zero-order valence-electron chi connectivity index (χ0n) is 15.8. The third-order valence-electron chi connectivity index (χ3n) is 5.06. The van der Waals surface area contributed by atoms with Gasteiger partial charge in [-0.05, 0) is 37.1 Å². The topological polar surface area (TPSA) is 65.4 Å². The van der Waals surface area contributed by atoms with Gasteiger partial charge in [0.05, 0.1) is 30.8 Å². The summed E-state index contributed by atoms with van der Waals surface area (Å²) in [4.78, 5) is 12.7. The molecule has 1 N–H and O–H groups in total. The van der Waals surface area contributed by atoms with Crippen molar-refractivity contribution in [2.24, 2.45) is 13.0 Å². The van der Waals surface area contributed by atoms with E-state index in [1.165, 1.54) is 5.56 Å². The van der Waals surface area contributed by atoms with Crippen LogP contribution in [-0.4, -0.2) is 29.4 Å². The second kappa shape index (κ2) is 6.95. The number of hydrogen-bond acceptors (Lipinski definition) is 4. The first-order valence-corrected chi connectivity index (χ1v) is 9.05. The Morgan fingerprint density at radius 1 is 1.37 bits per heavy atom. The number of aromatic nitrogens is 2. The van der Waals surface area contributed by atoms with Gasteiger partial charge in [0, 0.05) is 12.4 Å². The molecule has 0 unspecified atom stereocenters. The molecule has 27 heavy (non-hydrogen) atoms. The Balaban J connectivity index is 1.47. The molecule has 0 saturated heterocycles. The number of fused-ring (bicyclic) bond motifs is 2. The molecule has 2 heterocycles. The van der Waals surface area contributed by atoms with Crippen molar-refractivity contribution in [2.75, 3.05) is 13.7 Å². The molecule has 1 atom stereocenters. The lowest BCUT2D eigenvalue weighted by atomic mass is 9.95. The van der Waals surface area contributed by atoms with Crippen LogP contribution < -0.4 is 14.8 Å². The Bertz CT molecular complexity index is 1010. The zero-order chi connectivity index (χ0) is 19.0. The highest BCUT2D eigenvalue weighted by molar-refractivity contribution is 5.84. The van der Waals surface area contributed by atoms with Crippen molar-refractivity contribution in [1.82, 2.24) is 15.1 Å². The molecule has 1 amide bonds. The van der Waals surface area contributed by atoms with Gasteiger partial charge in [0.25, 0.3) is 0 Å². The van der Waals surface area contributed by atoms with Crippen LogP contribution in [0.3, 0.4) is 0 Å². The molecule has 2 aromatic carbocycles. The molecular weight excluding hydrogens is 342 g/mol. The lowest BCUT2D eigenvalue weighted by Crippen LogP contribution is -2.37. The molecule has 1 aromatic heterocycles. The molecule has 6 nitrogen and oxygen atoms in total. The Labute approximate surface area is 158 Å². The number of hydrogen-bond donors (Lipinski definition) is 1. The van der Waals surface area contributed by atoms with E-state index in [4.69, 9.17) is 9.47 Å². The van der Waals surface area contributed by atoms with Crippen LogP contribution in [-0.2, 0) is 24.8 Å². The maximum Gasteiger partial charge on any atom is 0.227 e. The predicted molar refractivity (Wildman–Crippen MR) is 103 cm³/mol. The van der Waals surface area contributed by atoms with E-state index in [0.717, 1.165) is 27.9 Å². The summed E-state index contributed by atoms with van der Waals surface area (Å²) in [7, 11) is 3.54. The molecule has 0 bridgehead atoms. The summed E-state index contributed by atoms with van der Waals surface area (Å²) in [6, 6.07) is 12.0. The Morgan fingerprint density at radius 3 is 3.04 bits per heavy atom. The number of carbonyl (C=O) groups is 1. The van der Waals surface area contributed by atoms with Crippen molar-refractivity contribution in [1.29, 1.82) is 0 Å². The summed E-state index contributed by atoms with van der Waals surface area (Å²) in [6.07, 6.45) is 0.639. The summed E-state index contributed by atoms with van der Waals surface area (Å²) in [5.41, 5.74) is 4.11. The third kappa shape index (κ3) is 3.23. The Hall–Kier alpha value is -3.02. The molecule has 0 aliphatic carbocycles. The van der Waals surface area contributed by atoms with Crippen LogP contribution in [0, 0.1) is 12.8 Å². The summed E-state index contributed by atoms with van der Waals surface area (Å²) in [5.74, 6) is 1.22. The number of rotatable bonds is 4. The quantitative estimate of drug-likeness (QED) is 0.772. The number of para-hydroxylation sites is 1. The van der Waals surface area contributed by atoms with Gasteiger partial charge in [-0.3, -0.25) is 9.48 Å². The molecule has 4 rings (SSSR count). The molecule has 1 aliphatic rings. The predicted octanol–water partition coefficient (Wildman–Crippen LogP) is 2.76. The lowest BCUT2D eigenvalue weighted by molar-refractivity contribution is -0.126. The fourth-order valence-electron chi connectivity index (χ4n) is 3.62. The monoisotopic (exact) mass is 365 g/mol. The third-order valence-corrected chi connectivity index (χ3v) is 5.06. The van der Waals surface area contributed by atoms with Gasteiger partial charge in [-0.25, -0.2) is 0 Å². The van der Waals surface area contributed by atoms with E-state index in [0.29, 0.717) is 25.3 Å². The highest BCUT2D eigenvalue weighted by Crippen LogP contribution is 2.36. The van der Waals surface area contributed by atoms with E-state index >= 15 is 0 Å². The fourth-order valence-corrected chi connectivity index (χ4v) is 3.62. The summed E-state index contributed by atoms with van der Waals surface area (Å²) < 4.78 is 13.0. The van der Waals surface area contributed by atoms with Crippen LogP contribution in [0.2, 0.25) is 0 Å². The van der Waals surface area contributed by atoms with E-state index in [1.54, 1.807) is 7.11 Å². The van der Waals surface area contributed by atoms with Gasteiger partial charge in [-0.1, -0.05) is 23.8 Å². The number of nitrogens with one attached hydrogen (secondary N) is 1. The van der Waals surface area contributed by atoms with Gasteiger partial charge in [0.1, 0.15) is 6.61 Å². The van der Waals surface area contributed by atoms with Gasteiger partial charge in [0.15, 0.2) is 11.5 Å². The minimum Gasteiger partial charge on any atom is -0.493 e. The number of benzene rings is 2. The molecule has 0 spiro atoms. The summed E-state index contributed by atoms with van der Waals surface area (Å²) in [6.45, 7) is 2.81. The SMILES string of the molecule is COc1cccc2c1OC[C@@H](C(=O)NCc1nn(C)c3ccc(C)cc13)C2. The summed E-state index contributed by atoms with van der Waals surface area (Å²) >= 11 is 0. The summed E-state index contributed by atoms with van der Waals surface area (Å²) in [5, 5.41) is 8.66. The molecule has 0 fully saturated rings. The first-order valence-electron chi connectivity index (χ1n) is 9.05. The zero-order valence-corrected chi connectivity index (χ0v) is 15.8. The van der Waals surface area contributed by atoms with Crippen LogP contribution in [0.25, 0.3) is 10.9 Å². The molecule has 0 radical (unpaired) electrons. The Morgan fingerprint density at radius 2 is 2.22 bits per heavy atom. The van der Waals surface area contributed by atoms with Crippen LogP contribution >= 0.6 is 0 Å². The van der Waals surface area contributed by atoms with Gasteiger partial charge < -0.3 is 14.8 Å². The number of ether oxygens (including phenoxy) is 2. The number of methoxy groups -OCH3 is 1. The van der Waals surface area contributed by atoms with Crippen LogP contribution in [0.4, 0.5) is 0 Å². The Kier molecular flexibility index (Phi) is 4.48. The largest absolute Gasteiger partial charge is 0.493 e. The lowest BCUT2D eigenvalue weighted by Gasteiger charge is -2.25. The first-order chi connectivity index (χ1) is 13.1. The average molecular weight is 365 g/mol. The van der Waals surface area contributed by atoms with Gasteiger partial charge >= 0.3 is 0 Å². The highest BCUT2D eigenvalue weighted by atomic mass is 16.5. The van der Waals surface area contributed by atoms with E-state index in [9.17, 15) is 4.79 Å². The standard InChI is InChI=1S/C21H23N3O3/c1-13-7-8-18-16(9-13)17(23-24(18)2)11-22-21(25)15-10-14-5-4-6-19(26-3)20(14)27-12-15/h4-9,15H,10-12H2,1-3H3,(H,22,25)/t15-/m0/s1. The van der Waals surface area contributed by atoms with Crippen molar-refractivity contribution >= 4 is 16.8 Å². The van der Waals surface area contributed by atoms with Crippen molar-refractivity contribution in [3.05, 3.63) is 53.2 Å². The van der Waals surface area contributed by atoms with Gasteiger partial charge in [-0.15, -0.1) is 0 Å². The van der Waals surface area contributed by atoms with Crippen molar-refractivity contribution in [2.45, 2.75) is 19.9 Å². The maximum absolute atomic E-state index is 12.7. The van der Waals surface area contributed by atoms with Crippen LogP contribution in [0.15, 0.2) is 36.4 Å². The number of carbonyl (C=O) groups excluding carboxylic acids is 1. The highest BCUT2D eigenvalue weighted by Gasteiger charge is 2.28. The first kappa shape index (κ1) is 17.4. The van der Waals surface area contributed by atoms with Crippen molar-refractivity contribution < 1.29 is 14.3 Å². The van der Waals surface area contributed by atoms with E-state index in [2.05, 4.69) is 35.5 Å². The number of aryl methyl sites for hydroxylation is 2. The average Bonchev–Trinajstić information content (AvgIpc) is 3.00. The minimum atomic E-state index is -0.221. The fraction of sp³-hybridized carbons (Fsp3) is 0.333. The second-order valence-electron chi connectivity index (χ2n) is 6.97. The molecule has 140 valence electrons. The maximum atomic E-state index is 12.7. The molecule has 6 heteroatoms. The number of amides is 1. The van der Waals surface area contributed by atoms with Crippen molar-refractivity contribution in [3.63, 3.8) is 0 Å². The van der Waals surface area contributed by atoms with Gasteiger partial charge in [0.2, 0.25) is 5.91 Å². The second-order valence-corrected chi connectivity index (χ2v) is 6.97. The van der Waals surface area contributed by atoms with Gasteiger partial charge in [-0.2, -0.15) is 5.10 Å². The molecule has 1 aliphatic heterocycles. The molecule has 0 saturated carbocycles. The normalized spacial score (nSPS) is 15.9. The van der Waals surface area contributed by atoms with E-state index < -0.39 is 0 Å². The van der Waals surface area contributed by atoms with E-state index in [1.807, 2.05) is 29.9 Å². The minimum absolute atomic E-state index is 0.0186. The molecular formula is C21H23N3O3. The number of nitrogens with zero attached hydrogens (tertiary/aromatic N) is 2. The van der Waals surface area contributed by atoms with Crippen LogP contribution in [0.5, 0.6) is 11.5 Å². The smallest absolute Gasteiger partial charge is 0.227 e.